The van der Waals surface area contributed by atoms with Crippen molar-refractivity contribution in [2.24, 2.45) is 0 Å². The maximum atomic E-state index is 9.89. The van der Waals surface area contributed by atoms with Gasteiger partial charge in [0.25, 0.3) is 0 Å². The monoisotopic (exact) mass is 830 g/mol. The minimum Gasteiger partial charge on any atom is -0.333 e. The molecule has 8 aromatic carbocycles. The van der Waals surface area contributed by atoms with Crippen LogP contribution in [0.1, 0.15) is 44.4 Å². The molecule has 13 rings (SSSR count). The van der Waals surface area contributed by atoms with Crippen LogP contribution < -0.4 is 4.90 Å². The van der Waals surface area contributed by atoms with Crippen molar-refractivity contribution in [2.75, 3.05) is 4.90 Å². The van der Waals surface area contributed by atoms with E-state index in [0.717, 1.165) is 15.8 Å². The summed E-state index contributed by atoms with van der Waals surface area (Å²) in [5.41, 5.74) is -1.69. The van der Waals surface area contributed by atoms with Gasteiger partial charge in [-0.25, -0.2) is 4.98 Å². The lowest BCUT2D eigenvalue weighted by Crippen LogP contribution is -2.28. The number of nitrogens with zero attached hydrogens (tertiary/aromatic N) is 6. The van der Waals surface area contributed by atoms with Crippen LogP contribution >= 0.6 is 0 Å². The number of hydrogen-bond donors (Lipinski definition) is 0. The van der Waals surface area contributed by atoms with Gasteiger partial charge in [-0.2, -0.15) is 9.97 Å². The SMILES string of the molecule is [2H]c1c([2H])c([2H])c(-c2nc(-c3c([2H])c([2H])c(-c4c([2H])c([2H])c([2H])c([2H])c4[2H])c([2H])c3[2H])nc(-n3c4c([2H])c([2H])c([2H])c([2H])c4c4c([2H])c([2H])c5c6c([2H])c([2H])c([2H])c([2H])c6n(-c6ccc7c(c6)N(c6ccccc6)C6C=CC=CC76)c5c43)n2)c([2H])c1[2H]. The van der Waals surface area contributed by atoms with E-state index in [2.05, 4.69) is 14.9 Å². The Morgan fingerprint density at radius 2 is 1.00 bits per heavy atom. The molecule has 1 aliphatic heterocycles. The van der Waals surface area contributed by atoms with Crippen molar-refractivity contribution < 1.29 is 32.9 Å². The molecule has 0 bridgehead atoms. The molecule has 6 nitrogen and oxygen atoms in total. The Labute approximate surface area is 397 Å². The Morgan fingerprint density at radius 3 is 1.70 bits per heavy atom. The number of anilines is 2. The van der Waals surface area contributed by atoms with E-state index in [1.54, 1.807) is 12.1 Å². The Kier molecular flexibility index (Phi) is 4.29. The number of para-hydroxylation sites is 3. The van der Waals surface area contributed by atoms with E-state index in [4.69, 9.17) is 24.2 Å². The third-order valence-electron chi connectivity index (χ3n) is 11.2. The summed E-state index contributed by atoms with van der Waals surface area (Å²) in [4.78, 5) is 15.9. The molecule has 0 spiro atoms. The molecule has 0 saturated carbocycles. The fraction of sp³-hybridized carbons (Fsp3) is 0.0351. The Morgan fingerprint density at radius 1 is 0.444 bits per heavy atom. The predicted octanol–water partition coefficient (Wildman–Crippen LogP) is 13.8. The first kappa shape index (κ1) is 19.1. The highest BCUT2D eigenvalue weighted by molar-refractivity contribution is 6.23. The molecule has 2 aliphatic rings. The molecule has 0 amide bonds. The van der Waals surface area contributed by atoms with Crippen molar-refractivity contribution in [3.63, 3.8) is 0 Å². The van der Waals surface area contributed by atoms with Crippen LogP contribution in [0.15, 0.2) is 218 Å². The lowest BCUT2D eigenvalue weighted by atomic mass is 9.91. The first-order valence-electron chi connectivity index (χ1n) is 31.6. The van der Waals surface area contributed by atoms with Crippen LogP contribution in [0.2, 0.25) is 0 Å². The maximum Gasteiger partial charge on any atom is 0.238 e. The molecule has 1 aliphatic carbocycles. The normalized spacial score (nSPS) is 20.8. The summed E-state index contributed by atoms with van der Waals surface area (Å²) in [6.07, 6.45) is 7.93. The summed E-state index contributed by atoms with van der Waals surface area (Å²) in [6, 6.07) is -5.25. The van der Waals surface area contributed by atoms with Crippen molar-refractivity contribution in [1.82, 2.24) is 24.1 Å². The van der Waals surface area contributed by atoms with Crippen LogP contribution in [0.4, 0.5) is 11.4 Å². The minimum atomic E-state index is -0.990. The van der Waals surface area contributed by atoms with Gasteiger partial charge in [-0.15, -0.1) is 0 Å². The van der Waals surface area contributed by atoms with Gasteiger partial charge in [0, 0.05) is 55.7 Å². The number of aromatic nitrogens is 5. The van der Waals surface area contributed by atoms with Gasteiger partial charge in [-0.3, -0.25) is 4.57 Å². The van der Waals surface area contributed by atoms with Crippen LogP contribution in [-0.2, 0) is 0 Å². The van der Waals surface area contributed by atoms with E-state index in [-0.39, 0.29) is 50.4 Å². The Hall–Kier alpha value is -8.35. The zero-order valence-electron chi connectivity index (χ0n) is 56.3. The molecular formula is C57H38N6. The molecule has 296 valence electrons. The predicted molar refractivity (Wildman–Crippen MR) is 258 cm³/mol. The van der Waals surface area contributed by atoms with E-state index < -0.39 is 196 Å². The minimum absolute atomic E-state index is 0.177. The Bertz CT molecular complexity index is 4990. The lowest BCUT2D eigenvalue weighted by Gasteiger charge is -2.28. The lowest BCUT2D eigenvalue weighted by molar-refractivity contribution is 0.745. The first-order chi connectivity index (χ1) is 41.2. The van der Waals surface area contributed by atoms with Crippen LogP contribution in [0.5, 0.6) is 0 Å². The fourth-order valence-corrected chi connectivity index (χ4v) is 8.59. The number of hydrogen-bond acceptors (Lipinski definition) is 4. The largest absolute Gasteiger partial charge is 0.333 e. The van der Waals surface area contributed by atoms with Gasteiger partial charge in [-0.1, -0.05) is 182 Å². The smallest absolute Gasteiger partial charge is 0.238 e. The second kappa shape index (κ2) is 14.1. The van der Waals surface area contributed by atoms with Gasteiger partial charge in [0.05, 0.1) is 61.0 Å². The summed E-state index contributed by atoms with van der Waals surface area (Å²) in [5.74, 6) is -2.62. The molecule has 0 saturated heterocycles. The molecule has 2 unspecified atom stereocenters. The highest BCUT2D eigenvalue weighted by Gasteiger charge is 2.38. The molecular weight excluding hydrogens is 769 g/mol. The number of fused-ring (bicyclic) bond motifs is 10. The number of rotatable bonds is 6. The first-order valence-corrected chi connectivity index (χ1v) is 19.6. The molecule has 0 radical (unpaired) electrons. The zero-order valence-corrected chi connectivity index (χ0v) is 32.3. The van der Waals surface area contributed by atoms with Crippen LogP contribution in [0, 0.1) is 0 Å². The van der Waals surface area contributed by atoms with Gasteiger partial charge < -0.3 is 9.47 Å². The van der Waals surface area contributed by atoms with Gasteiger partial charge in [0.2, 0.25) is 5.95 Å². The van der Waals surface area contributed by atoms with Crippen molar-refractivity contribution in [3.8, 4) is 45.5 Å². The van der Waals surface area contributed by atoms with Crippen molar-refractivity contribution in [2.45, 2.75) is 12.0 Å². The fourth-order valence-electron chi connectivity index (χ4n) is 8.59. The molecule has 0 fully saturated rings. The van der Waals surface area contributed by atoms with E-state index in [1.165, 1.54) is 4.57 Å². The molecule has 0 N–H and O–H groups in total. The van der Waals surface area contributed by atoms with E-state index in [0.29, 0.717) is 5.69 Å². The molecule has 63 heavy (non-hydrogen) atoms. The average molecular weight is 831 g/mol. The number of allylic oxidation sites excluding steroid dienone is 2. The summed E-state index contributed by atoms with van der Waals surface area (Å²) in [7, 11) is 0. The molecule has 6 heteroatoms. The van der Waals surface area contributed by atoms with Crippen molar-refractivity contribution in [3.05, 3.63) is 223 Å². The zero-order chi connectivity index (χ0) is 62.3. The third kappa shape index (κ3) is 5.55. The highest BCUT2D eigenvalue weighted by Crippen LogP contribution is 2.49. The molecule has 3 aromatic heterocycles. The second-order valence-electron chi connectivity index (χ2n) is 14.6. The molecule has 11 aromatic rings. The van der Waals surface area contributed by atoms with Gasteiger partial charge in [-0.05, 0) is 53.0 Å². The van der Waals surface area contributed by atoms with Crippen LogP contribution in [0.25, 0.3) is 89.2 Å². The maximum absolute atomic E-state index is 9.89. The standard InChI is InChI=1S/C57H38N6/c1-4-16-37(17-5-1)38-28-30-40(31-29-38)56-58-55(39-18-6-2-7-19-39)59-57(60-56)63-51-27-15-12-24-45(51)48-35-34-47-44-23-11-14-26-50(44)62(53(47)54(48)63)42-32-33-46-43-22-10-13-25-49(43)61(52(46)36-42)41-20-8-3-9-21-41/h1-36,43,49H/i1D,2D,4D,5D,6D,7D,11D,12D,14D,15D,16D,17D,18D,19D,23D,24D,26D,27D,28D,29D,30D,31D,34D,35D. The van der Waals surface area contributed by atoms with Gasteiger partial charge >= 0.3 is 0 Å². The van der Waals surface area contributed by atoms with Gasteiger partial charge in [0.1, 0.15) is 0 Å². The summed E-state index contributed by atoms with van der Waals surface area (Å²) in [5, 5.41) is -1.33. The summed E-state index contributed by atoms with van der Waals surface area (Å²) >= 11 is 0. The van der Waals surface area contributed by atoms with E-state index in [9.17, 15) is 13.7 Å². The summed E-state index contributed by atoms with van der Waals surface area (Å²) in [6.45, 7) is 0. The molecule has 4 heterocycles. The molecule has 2 atom stereocenters. The summed E-state index contributed by atoms with van der Waals surface area (Å²) < 4.78 is 220. The quantitative estimate of drug-likeness (QED) is 0.167. The third-order valence-corrected chi connectivity index (χ3v) is 11.2. The van der Waals surface area contributed by atoms with Crippen LogP contribution in [0.3, 0.4) is 0 Å². The van der Waals surface area contributed by atoms with Gasteiger partial charge in [0.15, 0.2) is 11.6 Å². The van der Waals surface area contributed by atoms with Crippen LogP contribution in [-0.4, -0.2) is 30.1 Å². The van der Waals surface area contributed by atoms with E-state index in [1.807, 2.05) is 60.7 Å². The van der Waals surface area contributed by atoms with Crippen molar-refractivity contribution in [1.29, 1.82) is 0 Å². The second-order valence-corrected chi connectivity index (χ2v) is 14.6. The average Bonchev–Trinajstić information content (AvgIpc) is 1.53. The Balaban J connectivity index is 1.25. The number of benzene rings is 8. The topological polar surface area (TPSA) is 51.8 Å². The van der Waals surface area contributed by atoms with E-state index >= 15 is 0 Å². The highest BCUT2D eigenvalue weighted by atomic mass is 15.2. The van der Waals surface area contributed by atoms with Crippen molar-refractivity contribution >= 4 is 55.0 Å².